The number of hydrogen-bond acceptors (Lipinski definition) is 3. The highest BCUT2D eigenvalue weighted by molar-refractivity contribution is 6.34. The van der Waals surface area contributed by atoms with Crippen LogP contribution >= 0.6 is 11.6 Å². The molecule has 0 aliphatic heterocycles. The monoisotopic (exact) mass is 278 g/mol. The molecular formula is C13H15ClN4O. The highest BCUT2D eigenvalue weighted by Gasteiger charge is 2.19. The third kappa shape index (κ3) is 2.71. The van der Waals surface area contributed by atoms with Crippen molar-refractivity contribution in [1.82, 2.24) is 14.5 Å². The second-order valence-electron chi connectivity index (χ2n) is 4.32. The van der Waals surface area contributed by atoms with Gasteiger partial charge in [-0.2, -0.15) is 0 Å². The summed E-state index contributed by atoms with van der Waals surface area (Å²) < 4.78 is 1.86. The molecule has 1 aromatic heterocycles. The number of rotatable bonds is 3. The summed E-state index contributed by atoms with van der Waals surface area (Å²) in [5.41, 5.74) is 6.52. The summed E-state index contributed by atoms with van der Waals surface area (Å²) in [6.45, 7) is 0.396. The Labute approximate surface area is 116 Å². The molecule has 100 valence electrons. The van der Waals surface area contributed by atoms with E-state index in [0.717, 1.165) is 5.82 Å². The summed E-state index contributed by atoms with van der Waals surface area (Å²) in [6, 6.07) is 5.03. The molecule has 1 aromatic carbocycles. The summed E-state index contributed by atoms with van der Waals surface area (Å²) in [5.74, 6) is 0.576. The molecule has 0 aliphatic rings. The topological polar surface area (TPSA) is 64.2 Å². The van der Waals surface area contributed by atoms with Gasteiger partial charge in [0.1, 0.15) is 5.82 Å². The number of amides is 1. The molecule has 0 radical (unpaired) electrons. The zero-order valence-corrected chi connectivity index (χ0v) is 11.6. The summed E-state index contributed by atoms with van der Waals surface area (Å²) >= 11 is 6.03. The number of aromatic nitrogens is 2. The lowest BCUT2D eigenvalue weighted by molar-refractivity contribution is 0.0782. The highest BCUT2D eigenvalue weighted by Crippen LogP contribution is 2.23. The van der Waals surface area contributed by atoms with Gasteiger partial charge in [-0.1, -0.05) is 17.7 Å². The van der Waals surface area contributed by atoms with Gasteiger partial charge in [-0.3, -0.25) is 4.79 Å². The van der Waals surface area contributed by atoms with Crippen LogP contribution in [0.25, 0.3) is 0 Å². The maximum Gasteiger partial charge on any atom is 0.257 e. The first-order chi connectivity index (χ1) is 9.00. The van der Waals surface area contributed by atoms with Crippen molar-refractivity contribution in [3.8, 4) is 0 Å². The van der Waals surface area contributed by atoms with E-state index in [2.05, 4.69) is 4.98 Å². The number of aryl methyl sites for hydroxylation is 1. The van der Waals surface area contributed by atoms with E-state index in [0.29, 0.717) is 22.8 Å². The normalized spacial score (nSPS) is 10.5. The number of nitrogens with zero attached hydrogens (tertiary/aromatic N) is 3. The van der Waals surface area contributed by atoms with Gasteiger partial charge in [0.05, 0.1) is 17.1 Å². The molecule has 0 saturated heterocycles. The highest BCUT2D eigenvalue weighted by atomic mass is 35.5. The number of halogens is 1. The molecule has 0 spiro atoms. The van der Waals surface area contributed by atoms with Crippen LogP contribution in [0, 0.1) is 0 Å². The fourth-order valence-corrected chi connectivity index (χ4v) is 2.05. The van der Waals surface area contributed by atoms with Gasteiger partial charge in [0, 0.05) is 32.2 Å². The van der Waals surface area contributed by atoms with E-state index in [1.807, 2.05) is 17.8 Å². The Hall–Kier alpha value is -2.01. The number of imidazole rings is 1. The van der Waals surface area contributed by atoms with Crippen LogP contribution in [0.1, 0.15) is 16.2 Å². The van der Waals surface area contributed by atoms with Gasteiger partial charge < -0.3 is 15.2 Å². The molecular weight excluding hydrogens is 264 g/mol. The van der Waals surface area contributed by atoms with E-state index in [4.69, 9.17) is 17.3 Å². The minimum Gasteiger partial charge on any atom is -0.398 e. The van der Waals surface area contributed by atoms with E-state index in [1.54, 1.807) is 36.3 Å². The molecule has 5 nitrogen and oxygen atoms in total. The molecule has 0 bridgehead atoms. The zero-order chi connectivity index (χ0) is 14.0. The van der Waals surface area contributed by atoms with Crippen molar-refractivity contribution in [3.63, 3.8) is 0 Å². The average molecular weight is 279 g/mol. The van der Waals surface area contributed by atoms with Crippen molar-refractivity contribution >= 4 is 23.2 Å². The Morgan fingerprint density at radius 1 is 1.53 bits per heavy atom. The van der Waals surface area contributed by atoms with Crippen molar-refractivity contribution in [2.75, 3.05) is 12.8 Å². The maximum atomic E-state index is 12.3. The Bertz CT molecular complexity index is 588. The maximum absolute atomic E-state index is 12.3. The fraction of sp³-hybridized carbons (Fsp3) is 0.231. The molecule has 2 rings (SSSR count). The minimum absolute atomic E-state index is 0.217. The minimum atomic E-state index is -0.217. The van der Waals surface area contributed by atoms with Crippen molar-refractivity contribution in [1.29, 1.82) is 0 Å². The standard InChI is InChI=1S/C13H15ClN4O/c1-17-7-6-16-11(17)8-18(2)13(19)12-9(14)4-3-5-10(12)15/h3-7H,8,15H2,1-2H3. The van der Waals surface area contributed by atoms with Crippen LogP contribution < -0.4 is 5.73 Å². The van der Waals surface area contributed by atoms with Crippen LogP contribution in [-0.2, 0) is 13.6 Å². The van der Waals surface area contributed by atoms with Crippen LogP contribution in [0.5, 0.6) is 0 Å². The number of anilines is 1. The Balaban J connectivity index is 2.22. The molecule has 1 heterocycles. The molecule has 2 N–H and O–H groups in total. The number of nitrogens with two attached hydrogens (primary N) is 1. The number of nitrogen functional groups attached to an aromatic ring is 1. The molecule has 2 aromatic rings. The third-order valence-corrected chi connectivity index (χ3v) is 3.22. The van der Waals surface area contributed by atoms with E-state index in [9.17, 15) is 4.79 Å². The smallest absolute Gasteiger partial charge is 0.257 e. The van der Waals surface area contributed by atoms with Crippen molar-refractivity contribution in [2.24, 2.45) is 7.05 Å². The van der Waals surface area contributed by atoms with Gasteiger partial charge in [0.2, 0.25) is 0 Å². The van der Waals surface area contributed by atoms with Crippen molar-refractivity contribution in [3.05, 3.63) is 47.0 Å². The van der Waals surface area contributed by atoms with Crippen LogP contribution in [0.2, 0.25) is 5.02 Å². The predicted molar refractivity (Wildman–Crippen MR) is 74.9 cm³/mol. The lowest BCUT2D eigenvalue weighted by atomic mass is 10.1. The van der Waals surface area contributed by atoms with Crippen LogP contribution in [0.4, 0.5) is 5.69 Å². The van der Waals surface area contributed by atoms with Crippen molar-refractivity contribution < 1.29 is 4.79 Å². The Morgan fingerprint density at radius 3 is 2.84 bits per heavy atom. The van der Waals surface area contributed by atoms with Crippen LogP contribution in [0.3, 0.4) is 0 Å². The molecule has 1 amide bonds. The summed E-state index contributed by atoms with van der Waals surface area (Å²) in [4.78, 5) is 18.1. The lowest BCUT2D eigenvalue weighted by Crippen LogP contribution is -2.28. The predicted octanol–water partition coefficient (Wildman–Crippen LogP) is 1.93. The lowest BCUT2D eigenvalue weighted by Gasteiger charge is -2.18. The van der Waals surface area contributed by atoms with E-state index < -0.39 is 0 Å². The first kappa shape index (κ1) is 13.4. The summed E-state index contributed by atoms with van der Waals surface area (Å²) in [7, 11) is 3.57. The molecule has 0 aliphatic carbocycles. The van der Waals surface area contributed by atoms with E-state index in [1.165, 1.54) is 0 Å². The molecule has 0 atom stereocenters. The molecule has 0 unspecified atom stereocenters. The quantitative estimate of drug-likeness (QED) is 0.873. The largest absolute Gasteiger partial charge is 0.398 e. The second kappa shape index (κ2) is 5.32. The van der Waals surface area contributed by atoms with Gasteiger partial charge in [0.25, 0.3) is 5.91 Å². The zero-order valence-electron chi connectivity index (χ0n) is 10.8. The van der Waals surface area contributed by atoms with Gasteiger partial charge in [-0.05, 0) is 12.1 Å². The van der Waals surface area contributed by atoms with Gasteiger partial charge in [-0.15, -0.1) is 0 Å². The van der Waals surface area contributed by atoms with Gasteiger partial charge >= 0.3 is 0 Å². The number of hydrogen-bond donors (Lipinski definition) is 1. The number of carbonyl (C=O) groups is 1. The summed E-state index contributed by atoms with van der Waals surface area (Å²) in [5, 5.41) is 0.358. The Morgan fingerprint density at radius 2 is 2.26 bits per heavy atom. The number of carbonyl (C=O) groups excluding carboxylic acids is 1. The van der Waals surface area contributed by atoms with Gasteiger partial charge in [-0.25, -0.2) is 4.98 Å². The molecule has 19 heavy (non-hydrogen) atoms. The SMILES string of the molecule is CN(Cc1nccn1C)C(=O)c1c(N)cccc1Cl. The average Bonchev–Trinajstić information content (AvgIpc) is 2.74. The van der Waals surface area contributed by atoms with Crippen LogP contribution in [-0.4, -0.2) is 27.4 Å². The van der Waals surface area contributed by atoms with Crippen molar-refractivity contribution in [2.45, 2.75) is 6.54 Å². The molecule has 6 heteroatoms. The van der Waals surface area contributed by atoms with E-state index >= 15 is 0 Å². The first-order valence-electron chi connectivity index (χ1n) is 5.76. The fourth-order valence-electron chi connectivity index (χ4n) is 1.79. The second-order valence-corrected chi connectivity index (χ2v) is 4.73. The molecule has 0 fully saturated rings. The van der Waals surface area contributed by atoms with E-state index in [-0.39, 0.29) is 5.91 Å². The van der Waals surface area contributed by atoms with Crippen LogP contribution in [0.15, 0.2) is 30.6 Å². The number of benzene rings is 1. The third-order valence-electron chi connectivity index (χ3n) is 2.91. The first-order valence-corrected chi connectivity index (χ1v) is 6.14. The molecule has 0 saturated carbocycles. The Kier molecular flexibility index (Phi) is 3.76. The van der Waals surface area contributed by atoms with Gasteiger partial charge in [0.15, 0.2) is 0 Å². The summed E-state index contributed by atoms with van der Waals surface area (Å²) in [6.07, 6.45) is 3.52.